The molecule has 0 aliphatic carbocycles. The maximum absolute atomic E-state index is 13.1. The Morgan fingerprint density at radius 3 is 2.60 bits per heavy atom. The number of nitrogens with zero attached hydrogens (tertiary/aromatic N) is 2. The monoisotopic (exact) mass is 434 g/mol. The Balaban J connectivity index is 1.53. The number of hydrogen-bond donors (Lipinski definition) is 2. The highest BCUT2D eigenvalue weighted by atomic mass is 32.2. The van der Waals surface area contributed by atoms with Crippen LogP contribution in [0.4, 0.5) is 0 Å². The number of para-hydroxylation sites is 1. The average Bonchev–Trinajstić information content (AvgIpc) is 3.42. The Kier molecular flexibility index (Phi) is 4.82. The van der Waals surface area contributed by atoms with E-state index in [2.05, 4.69) is 18.5 Å². The standard InChI is InChI=1S/C22H18N4O2S2/c27-30(28,21-12-6-11-20-22(21)26-29-25-20)24-14-17(15-7-2-1-3-8-15)18-13-23-19-10-5-4-9-16(18)19/h1-13,17,23-24H,14H2/t17-/m1/s1. The van der Waals surface area contributed by atoms with E-state index in [1.54, 1.807) is 18.2 Å². The maximum atomic E-state index is 13.1. The summed E-state index contributed by atoms with van der Waals surface area (Å²) in [5.41, 5.74) is 4.10. The molecule has 2 aromatic heterocycles. The van der Waals surface area contributed by atoms with Crippen molar-refractivity contribution in [2.24, 2.45) is 0 Å². The molecule has 0 saturated heterocycles. The second-order valence-electron chi connectivity index (χ2n) is 6.99. The lowest BCUT2D eigenvalue weighted by atomic mass is 9.91. The summed E-state index contributed by atoms with van der Waals surface area (Å²) in [7, 11) is -3.76. The summed E-state index contributed by atoms with van der Waals surface area (Å²) in [6.45, 7) is 0.224. The molecule has 6 nitrogen and oxygen atoms in total. The van der Waals surface area contributed by atoms with Crippen molar-refractivity contribution in [3.8, 4) is 0 Å². The van der Waals surface area contributed by atoms with Crippen LogP contribution in [0.3, 0.4) is 0 Å². The number of rotatable bonds is 6. The Labute approximate surface area is 178 Å². The van der Waals surface area contributed by atoms with Gasteiger partial charge in [-0.1, -0.05) is 54.6 Å². The van der Waals surface area contributed by atoms with E-state index in [1.165, 1.54) is 0 Å². The van der Waals surface area contributed by atoms with Gasteiger partial charge in [-0.15, -0.1) is 0 Å². The fourth-order valence-electron chi connectivity index (χ4n) is 3.74. The molecule has 3 aromatic carbocycles. The lowest BCUT2D eigenvalue weighted by Crippen LogP contribution is -2.29. The normalized spacial score (nSPS) is 13.1. The van der Waals surface area contributed by atoms with Gasteiger partial charge in [-0.3, -0.25) is 0 Å². The first-order valence-electron chi connectivity index (χ1n) is 9.45. The highest BCUT2D eigenvalue weighted by Crippen LogP contribution is 2.31. The number of nitrogens with one attached hydrogen (secondary N) is 2. The highest BCUT2D eigenvalue weighted by Gasteiger charge is 2.24. The van der Waals surface area contributed by atoms with Crippen LogP contribution in [0, 0.1) is 0 Å². The Morgan fingerprint density at radius 1 is 0.933 bits per heavy atom. The molecule has 5 aromatic rings. The molecule has 0 amide bonds. The topological polar surface area (TPSA) is 87.7 Å². The van der Waals surface area contributed by atoms with Gasteiger partial charge < -0.3 is 4.98 Å². The Hall–Kier alpha value is -3.07. The van der Waals surface area contributed by atoms with Gasteiger partial charge in [0.25, 0.3) is 0 Å². The van der Waals surface area contributed by atoms with Gasteiger partial charge in [-0.05, 0) is 29.3 Å². The SMILES string of the molecule is O=S(=O)(NC[C@H](c1ccccc1)c1c[nH]c2ccccc12)c1cccc2nsnc12. The van der Waals surface area contributed by atoms with Crippen LogP contribution in [0.1, 0.15) is 17.0 Å². The van der Waals surface area contributed by atoms with Gasteiger partial charge in [0.1, 0.15) is 15.9 Å². The van der Waals surface area contributed by atoms with Crippen LogP contribution in [0.25, 0.3) is 21.9 Å². The first kappa shape index (κ1) is 18.9. The summed E-state index contributed by atoms with van der Waals surface area (Å²) in [6, 6.07) is 23.0. The Morgan fingerprint density at radius 2 is 1.73 bits per heavy atom. The number of fused-ring (bicyclic) bond motifs is 2. The van der Waals surface area contributed by atoms with E-state index in [0.717, 1.165) is 33.8 Å². The van der Waals surface area contributed by atoms with Crippen LogP contribution in [-0.2, 0) is 10.0 Å². The molecular formula is C22H18N4O2S2. The van der Waals surface area contributed by atoms with Gasteiger partial charge in [-0.2, -0.15) is 8.75 Å². The lowest BCUT2D eigenvalue weighted by Gasteiger charge is -2.18. The number of benzene rings is 3. The van der Waals surface area contributed by atoms with Gasteiger partial charge >= 0.3 is 0 Å². The summed E-state index contributed by atoms with van der Waals surface area (Å²) < 4.78 is 37.4. The summed E-state index contributed by atoms with van der Waals surface area (Å²) in [6.07, 6.45) is 1.96. The van der Waals surface area contributed by atoms with Crippen LogP contribution in [-0.4, -0.2) is 28.7 Å². The molecule has 2 heterocycles. The molecule has 0 aliphatic heterocycles. The second kappa shape index (κ2) is 7.64. The van der Waals surface area contributed by atoms with Crippen LogP contribution in [0.15, 0.2) is 83.9 Å². The number of aromatic nitrogens is 3. The van der Waals surface area contributed by atoms with Crippen LogP contribution in [0.2, 0.25) is 0 Å². The van der Waals surface area contributed by atoms with E-state index in [0.29, 0.717) is 11.0 Å². The molecular weight excluding hydrogens is 416 g/mol. The van der Waals surface area contributed by atoms with Gasteiger partial charge in [0.15, 0.2) is 0 Å². The third-order valence-electron chi connectivity index (χ3n) is 5.21. The largest absolute Gasteiger partial charge is 0.361 e. The van der Waals surface area contributed by atoms with Crippen molar-refractivity contribution in [2.45, 2.75) is 10.8 Å². The quantitative estimate of drug-likeness (QED) is 0.417. The number of sulfonamides is 1. The number of hydrogen-bond acceptors (Lipinski definition) is 5. The summed E-state index contributed by atoms with van der Waals surface area (Å²) >= 11 is 1.01. The third kappa shape index (κ3) is 3.39. The van der Waals surface area contributed by atoms with Crippen LogP contribution in [0.5, 0.6) is 0 Å². The molecule has 0 spiro atoms. The Bertz CT molecular complexity index is 1430. The predicted molar refractivity (Wildman–Crippen MR) is 119 cm³/mol. The van der Waals surface area contributed by atoms with Gasteiger partial charge in [0.05, 0.1) is 11.7 Å². The van der Waals surface area contributed by atoms with Gasteiger partial charge in [0, 0.05) is 29.6 Å². The van der Waals surface area contributed by atoms with Gasteiger partial charge in [0.2, 0.25) is 10.0 Å². The van der Waals surface area contributed by atoms with Crippen molar-refractivity contribution >= 4 is 43.7 Å². The van der Waals surface area contributed by atoms with Gasteiger partial charge in [-0.25, -0.2) is 13.1 Å². The smallest absolute Gasteiger partial charge is 0.242 e. The molecule has 8 heteroatoms. The van der Waals surface area contributed by atoms with Crippen molar-refractivity contribution in [3.05, 3.63) is 90.1 Å². The van der Waals surface area contributed by atoms with E-state index in [4.69, 9.17) is 0 Å². The minimum Gasteiger partial charge on any atom is -0.361 e. The lowest BCUT2D eigenvalue weighted by molar-refractivity contribution is 0.578. The molecule has 1 atom stereocenters. The average molecular weight is 435 g/mol. The van der Waals surface area contributed by atoms with Crippen molar-refractivity contribution in [2.75, 3.05) is 6.54 Å². The number of aromatic amines is 1. The van der Waals surface area contributed by atoms with E-state index < -0.39 is 10.0 Å². The molecule has 0 unspecified atom stereocenters. The van der Waals surface area contributed by atoms with Crippen molar-refractivity contribution < 1.29 is 8.42 Å². The van der Waals surface area contributed by atoms with E-state index >= 15 is 0 Å². The van der Waals surface area contributed by atoms with E-state index in [-0.39, 0.29) is 17.4 Å². The zero-order valence-electron chi connectivity index (χ0n) is 15.8. The fraction of sp³-hybridized carbons (Fsp3) is 0.0909. The zero-order chi connectivity index (χ0) is 20.6. The second-order valence-corrected chi connectivity index (χ2v) is 9.26. The molecule has 0 radical (unpaired) electrons. The predicted octanol–water partition coefficient (Wildman–Crippen LogP) is 4.28. The molecule has 2 N–H and O–H groups in total. The molecule has 5 rings (SSSR count). The molecule has 0 saturated carbocycles. The molecule has 0 bridgehead atoms. The zero-order valence-corrected chi connectivity index (χ0v) is 17.5. The number of H-pyrrole nitrogens is 1. The first-order chi connectivity index (χ1) is 14.6. The first-order valence-corrected chi connectivity index (χ1v) is 11.7. The summed E-state index contributed by atoms with van der Waals surface area (Å²) in [5.74, 6) is -0.148. The minimum atomic E-state index is -3.76. The summed E-state index contributed by atoms with van der Waals surface area (Å²) in [5, 5.41) is 1.08. The van der Waals surface area contributed by atoms with E-state index in [1.807, 2.05) is 60.8 Å². The molecule has 0 fully saturated rings. The highest BCUT2D eigenvalue weighted by molar-refractivity contribution is 7.89. The maximum Gasteiger partial charge on any atom is 0.242 e. The molecule has 0 aliphatic rings. The van der Waals surface area contributed by atoms with Crippen molar-refractivity contribution in [3.63, 3.8) is 0 Å². The fourth-order valence-corrected chi connectivity index (χ4v) is 5.56. The van der Waals surface area contributed by atoms with Crippen LogP contribution < -0.4 is 4.72 Å². The molecule has 150 valence electrons. The minimum absolute atomic E-state index is 0.148. The van der Waals surface area contributed by atoms with Crippen molar-refractivity contribution in [1.82, 2.24) is 18.5 Å². The summed E-state index contributed by atoms with van der Waals surface area (Å²) in [4.78, 5) is 3.45. The molecule has 30 heavy (non-hydrogen) atoms. The van der Waals surface area contributed by atoms with Crippen molar-refractivity contribution in [1.29, 1.82) is 0 Å². The van der Waals surface area contributed by atoms with Crippen LogP contribution >= 0.6 is 11.7 Å². The third-order valence-corrected chi connectivity index (χ3v) is 7.21. The van der Waals surface area contributed by atoms with E-state index in [9.17, 15) is 8.42 Å².